The molecule has 0 saturated heterocycles. The number of aromatic nitrogens is 1. The summed E-state index contributed by atoms with van der Waals surface area (Å²) in [5.74, 6) is -0.123. The van der Waals surface area contributed by atoms with Crippen LogP contribution in [0.4, 0.5) is 19.0 Å². The van der Waals surface area contributed by atoms with Crippen molar-refractivity contribution in [2.24, 2.45) is 0 Å². The molecule has 1 heterocycles. The molecule has 0 spiro atoms. The van der Waals surface area contributed by atoms with E-state index in [0.717, 1.165) is 25.3 Å². The summed E-state index contributed by atoms with van der Waals surface area (Å²) in [6.07, 6.45) is -0.479. The number of hydrogen-bond acceptors (Lipinski definition) is 3. The molecule has 1 rings (SSSR count). The Morgan fingerprint density at radius 1 is 1.32 bits per heavy atom. The molecule has 0 aliphatic heterocycles. The van der Waals surface area contributed by atoms with Gasteiger partial charge in [0, 0.05) is 30.9 Å². The number of anilines is 1. The van der Waals surface area contributed by atoms with E-state index in [0.29, 0.717) is 17.6 Å². The van der Waals surface area contributed by atoms with Crippen LogP contribution in [-0.4, -0.2) is 25.2 Å². The first-order chi connectivity index (χ1) is 8.95. The summed E-state index contributed by atoms with van der Waals surface area (Å²) in [4.78, 5) is 3.78. The van der Waals surface area contributed by atoms with Crippen molar-refractivity contribution in [3.8, 4) is 0 Å². The Morgan fingerprint density at radius 2 is 2.05 bits per heavy atom. The third-order valence-electron chi connectivity index (χ3n) is 2.48. The fraction of sp³-hybridized carbons (Fsp3) is 0.583. The minimum atomic E-state index is -4.41. The third kappa shape index (κ3) is 5.78. The summed E-state index contributed by atoms with van der Waals surface area (Å²) < 4.78 is 43.6. The summed E-state index contributed by atoms with van der Waals surface area (Å²) in [7, 11) is 1.62. The second kappa shape index (κ2) is 7.69. The first-order valence-electron chi connectivity index (χ1n) is 5.90. The van der Waals surface area contributed by atoms with Crippen molar-refractivity contribution >= 4 is 21.7 Å². The van der Waals surface area contributed by atoms with E-state index in [1.807, 2.05) is 0 Å². The molecule has 1 aromatic rings. The molecule has 1 N–H and O–H groups in total. The van der Waals surface area contributed by atoms with Crippen LogP contribution < -0.4 is 5.32 Å². The van der Waals surface area contributed by atoms with Crippen molar-refractivity contribution in [3.63, 3.8) is 0 Å². The lowest BCUT2D eigenvalue weighted by molar-refractivity contribution is -0.137. The Hall–Kier alpha value is -0.820. The standard InChI is InChI=1S/C12H16BrF3N2O/c1-19-6-4-2-3-5-17-11-10(12(14,15)16)7-9(13)8-18-11/h7-8H,2-6H2,1H3,(H,17,18). The van der Waals surface area contributed by atoms with E-state index < -0.39 is 11.7 Å². The largest absolute Gasteiger partial charge is 0.419 e. The Balaban J connectivity index is 2.54. The molecule has 0 saturated carbocycles. The summed E-state index contributed by atoms with van der Waals surface area (Å²) >= 11 is 2.99. The van der Waals surface area contributed by atoms with E-state index in [-0.39, 0.29) is 5.82 Å². The molecule has 19 heavy (non-hydrogen) atoms. The van der Waals surface area contributed by atoms with Gasteiger partial charge in [-0.1, -0.05) is 0 Å². The van der Waals surface area contributed by atoms with E-state index in [2.05, 4.69) is 26.2 Å². The highest BCUT2D eigenvalue weighted by Crippen LogP contribution is 2.35. The van der Waals surface area contributed by atoms with Crippen molar-refractivity contribution < 1.29 is 17.9 Å². The molecule has 1 aromatic heterocycles. The first kappa shape index (κ1) is 16.2. The lowest BCUT2D eigenvalue weighted by atomic mass is 10.2. The maximum Gasteiger partial charge on any atom is 0.419 e. The number of nitrogens with zero attached hydrogens (tertiary/aromatic N) is 1. The topological polar surface area (TPSA) is 34.1 Å². The smallest absolute Gasteiger partial charge is 0.385 e. The summed E-state index contributed by atoms with van der Waals surface area (Å²) in [6, 6.07) is 1.03. The Morgan fingerprint density at radius 3 is 2.68 bits per heavy atom. The van der Waals surface area contributed by atoms with Gasteiger partial charge in [0.15, 0.2) is 0 Å². The van der Waals surface area contributed by atoms with E-state index in [1.54, 1.807) is 7.11 Å². The highest BCUT2D eigenvalue weighted by Gasteiger charge is 2.34. The molecule has 0 aliphatic rings. The number of ether oxygens (including phenoxy) is 1. The molecule has 0 unspecified atom stereocenters. The van der Waals surface area contributed by atoms with Gasteiger partial charge in [-0.25, -0.2) is 4.98 Å². The van der Waals surface area contributed by atoms with Crippen LogP contribution in [0, 0.1) is 0 Å². The van der Waals surface area contributed by atoms with Crippen LogP contribution in [0.25, 0.3) is 0 Å². The first-order valence-corrected chi connectivity index (χ1v) is 6.70. The van der Waals surface area contributed by atoms with Gasteiger partial charge >= 0.3 is 6.18 Å². The van der Waals surface area contributed by atoms with Crippen LogP contribution in [-0.2, 0) is 10.9 Å². The van der Waals surface area contributed by atoms with E-state index in [9.17, 15) is 13.2 Å². The van der Waals surface area contributed by atoms with Gasteiger partial charge in [0.1, 0.15) is 5.82 Å². The monoisotopic (exact) mass is 340 g/mol. The van der Waals surface area contributed by atoms with Gasteiger partial charge in [0.25, 0.3) is 0 Å². The van der Waals surface area contributed by atoms with Crippen LogP contribution in [0.15, 0.2) is 16.7 Å². The fourth-order valence-electron chi connectivity index (χ4n) is 1.55. The highest BCUT2D eigenvalue weighted by atomic mass is 79.9. The lowest BCUT2D eigenvalue weighted by Crippen LogP contribution is -2.13. The Labute approximate surface area is 118 Å². The number of rotatable bonds is 7. The van der Waals surface area contributed by atoms with Crippen molar-refractivity contribution in [3.05, 3.63) is 22.3 Å². The summed E-state index contributed by atoms with van der Waals surface area (Å²) in [6.45, 7) is 1.13. The third-order valence-corrected chi connectivity index (χ3v) is 2.91. The van der Waals surface area contributed by atoms with E-state index >= 15 is 0 Å². The van der Waals surface area contributed by atoms with Gasteiger partial charge < -0.3 is 10.1 Å². The number of unbranched alkanes of at least 4 members (excludes halogenated alkanes) is 2. The average molecular weight is 341 g/mol. The zero-order valence-corrected chi connectivity index (χ0v) is 12.1. The number of halogens is 4. The van der Waals surface area contributed by atoms with Crippen molar-refractivity contribution in [1.29, 1.82) is 0 Å². The Kier molecular flexibility index (Phi) is 6.57. The zero-order chi connectivity index (χ0) is 14.3. The molecule has 0 amide bonds. The predicted octanol–water partition coefficient (Wildman–Crippen LogP) is 4.09. The minimum Gasteiger partial charge on any atom is -0.385 e. The second-order valence-corrected chi connectivity index (χ2v) is 4.94. The van der Waals surface area contributed by atoms with Gasteiger partial charge in [-0.3, -0.25) is 0 Å². The molecule has 7 heteroatoms. The highest BCUT2D eigenvalue weighted by molar-refractivity contribution is 9.10. The zero-order valence-electron chi connectivity index (χ0n) is 10.6. The maximum atomic E-state index is 12.8. The van der Waals surface area contributed by atoms with Crippen molar-refractivity contribution in [2.75, 3.05) is 25.6 Å². The van der Waals surface area contributed by atoms with Crippen molar-refractivity contribution in [2.45, 2.75) is 25.4 Å². The molecule has 0 atom stereocenters. The molecule has 3 nitrogen and oxygen atoms in total. The summed E-state index contributed by atoms with van der Waals surface area (Å²) in [5.41, 5.74) is -0.751. The normalized spacial score (nSPS) is 11.6. The number of methoxy groups -OCH3 is 1. The van der Waals surface area contributed by atoms with Crippen LogP contribution in [0.5, 0.6) is 0 Å². The molecule has 0 aromatic carbocycles. The Bertz CT molecular complexity index is 399. The van der Waals surface area contributed by atoms with Crippen LogP contribution in [0.2, 0.25) is 0 Å². The number of alkyl halides is 3. The van der Waals surface area contributed by atoms with Gasteiger partial charge in [-0.15, -0.1) is 0 Å². The molecule has 0 fully saturated rings. The molecule has 108 valence electrons. The fourth-order valence-corrected chi connectivity index (χ4v) is 1.88. The van der Waals surface area contributed by atoms with Gasteiger partial charge in [0.2, 0.25) is 0 Å². The van der Waals surface area contributed by atoms with E-state index in [1.165, 1.54) is 6.20 Å². The van der Waals surface area contributed by atoms with Crippen LogP contribution >= 0.6 is 15.9 Å². The second-order valence-electron chi connectivity index (χ2n) is 4.03. The maximum absolute atomic E-state index is 12.8. The van der Waals surface area contributed by atoms with Crippen LogP contribution in [0.1, 0.15) is 24.8 Å². The molecule has 0 bridgehead atoms. The number of pyridine rings is 1. The van der Waals surface area contributed by atoms with Gasteiger partial charge in [-0.2, -0.15) is 13.2 Å². The average Bonchev–Trinajstić information content (AvgIpc) is 2.34. The molecular weight excluding hydrogens is 325 g/mol. The lowest BCUT2D eigenvalue weighted by Gasteiger charge is -2.13. The van der Waals surface area contributed by atoms with Gasteiger partial charge in [-0.05, 0) is 41.3 Å². The van der Waals surface area contributed by atoms with Gasteiger partial charge in [0.05, 0.1) is 5.56 Å². The minimum absolute atomic E-state index is 0.123. The van der Waals surface area contributed by atoms with Crippen LogP contribution in [0.3, 0.4) is 0 Å². The van der Waals surface area contributed by atoms with Crippen molar-refractivity contribution in [1.82, 2.24) is 4.98 Å². The number of nitrogens with one attached hydrogen (secondary N) is 1. The quantitative estimate of drug-likeness (QED) is 0.759. The molecular formula is C12H16BrF3N2O. The predicted molar refractivity (Wildman–Crippen MR) is 71.2 cm³/mol. The molecule has 0 radical (unpaired) electrons. The SMILES string of the molecule is COCCCCCNc1ncc(Br)cc1C(F)(F)F. The summed E-state index contributed by atoms with van der Waals surface area (Å²) in [5, 5.41) is 2.73. The molecule has 0 aliphatic carbocycles. The number of hydrogen-bond donors (Lipinski definition) is 1. The van der Waals surface area contributed by atoms with E-state index in [4.69, 9.17) is 4.74 Å².